The lowest BCUT2D eigenvalue weighted by atomic mass is 10.0. The van der Waals surface area contributed by atoms with Gasteiger partial charge in [-0.2, -0.15) is 4.98 Å². The van der Waals surface area contributed by atoms with E-state index in [1.165, 1.54) is 11.0 Å². The largest absolute Gasteiger partial charge is 0.348 e. The topological polar surface area (TPSA) is 81.7 Å². The Morgan fingerprint density at radius 1 is 1.21 bits per heavy atom. The zero-order chi connectivity index (χ0) is 24.4. The molecular formula is C24H30F2N6O2. The van der Waals surface area contributed by atoms with E-state index < -0.39 is 5.82 Å². The van der Waals surface area contributed by atoms with Gasteiger partial charge in [-0.3, -0.25) is 19.4 Å². The third kappa shape index (κ3) is 5.16. The molecule has 2 aliphatic rings. The van der Waals surface area contributed by atoms with Crippen LogP contribution in [-0.4, -0.2) is 63.8 Å². The highest BCUT2D eigenvalue weighted by molar-refractivity contribution is 5.95. The minimum atomic E-state index is -0.653. The average molecular weight is 473 g/mol. The molecule has 0 radical (unpaired) electrons. The van der Waals surface area contributed by atoms with Gasteiger partial charge in [-0.25, -0.2) is 13.8 Å². The highest BCUT2D eigenvalue weighted by atomic mass is 19.1. The van der Waals surface area contributed by atoms with Crippen LogP contribution >= 0.6 is 0 Å². The van der Waals surface area contributed by atoms with Crippen molar-refractivity contribution in [2.24, 2.45) is 0 Å². The molecule has 2 saturated heterocycles. The van der Waals surface area contributed by atoms with Crippen LogP contribution in [0.4, 0.5) is 20.5 Å². The molecule has 0 saturated carbocycles. The SMILES string of the molecule is CC(=O)N1CCN(Cc2ccc([C@H](C)Nc3ncc(F)c(N4C(=O)CC[C@@H]4C)n3)cc2F)CC1. The molecule has 2 fully saturated rings. The van der Waals surface area contributed by atoms with Crippen molar-refractivity contribution in [2.75, 3.05) is 36.4 Å². The Morgan fingerprint density at radius 3 is 2.56 bits per heavy atom. The number of amides is 2. The second-order valence-electron chi connectivity index (χ2n) is 9.02. The predicted molar refractivity (Wildman–Crippen MR) is 124 cm³/mol. The number of halogens is 2. The zero-order valence-electron chi connectivity index (χ0n) is 19.7. The molecule has 1 N–H and O–H groups in total. The van der Waals surface area contributed by atoms with Gasteiger partial charge in [-0.15, -0.1) is 0 Å². The van der Waals surface area contributed by atoms with Crippen LogP contribution in [0.25, 0.3) is 0 Å². The van der Waals surface area contributed by atoms with E-state index in [9.17, 15) is 18.4 Å². The fourth-order valence-corrected chi connectivity index (χ4v) is 4.45. The second kappa shape index (κ2) is 10.0. The van der Waals surface area contributed by atoms with E-state index in [1.54, 1.807) is 17.9 Å². The summed E-state index contributed by atoms with van der Waals surface area (Å²) in [7, 11) is 0. The fourth-order valence-electron chi connectivity index (χ4n) is 4.45. The molecule has 182 valence electrons. The van der Waals surface area contributed by atoms with Gasteiger partial charge in [0.15, 0.2) is 11.6 Å². The first-order valence-electron chi connectivity index (χ1n) is 11.6. The lowest BCUT2D eigenvalue weighted by molar-refractivity contribution is -0.130. The van der Waals surface area contributed by atoms with Crippen molar-refractivity contribution in [2.45, 2.75) is 52.2 Å². The highest BCUT2D eigenvalue weighted by Crippen LogP contribution is 2.28. The number of aromatic nitrogens is 2. The summed E-state index contributed by atoms with van der Waals surface area (Å²) in [6.07, 6.45) is 2.06. The van der Waals surface area contributed by atoms with Crippen molar-refractivity contribution < 1.29 is 18.4 Å². The van der Waals surface area contributed by atoms with Crippen molar-refractivity contribution in [3.8, 4) is 0 Å². The summed E-state index contributed by atoms with van der Waals surface area (Å²) >= 11 is 0. The summed E-state index contributed by atoms with van der Waals surface area (Å²) in [6.45, 7) is 8.46. The van der Waals surface area contributed by atoms with Crippen LogP contribution in [0.5, 0.6) is 0 Å². The molecule has 34 heavy (non-hydrogen) atoms. The molecule has 2 aliphatic heterocycles. The van der Waals surface area contributed by atoms with Crippen LogP contribution in [0.15, 0.2) is 24.4 Å². The normalized spacial score (nSPS) is 20.0. The number of piperazine rings is 1. The first-order chi connectivity index (χ1) is 16.2. The van der Waals surface area contributed by atoms with Crippen molar-refractivity contribution >= 4 is 23.6 Å². The summed E-state index contributed by atoms with van der Waals surface area (Å²) in [5, 5.41) is 3.08. The van der Waals surface area contributed by atoms with Gasteiger partial charge < -0.3 is 10.2 Å². The summed E-state index contributed by atoms with van der Waals surface area (Å²) < 4.78 is 29.2. The van der Waals surface area contributed by atoms with Crippen LogP contribution in [0.1, 0.15) is 50.8 Å². The van der Waals surface area contributed by atoms with Crippen LogP contribution in [0, 0.1) is 11.6 Å². The number of nitrogens with one attached hydrogen (secondary N) is 1. The molecule has 8 nitrogen and oxygen atoms in total. The number of hydrogen-bond acceptors (Lipinski definition) is 6. The predicted octanol–water partition coefficient (Wildman–Crippen LogP) is 3.11. The number of anilines is 2. The van der Waals surface area contributed by atoms with Crippen LogP contribution in [0.2, 0.25) is 0 Å². The number of benzene rings is 1. The average Bonchev–Trinajstić information content (AvgIpc) is 3.14. The molecule has 1 aromatic heterocycles. The molecule has 2 aromatic rings. The summed E-state index contributed by atoms with van der Waals surface area (Å²) in [5.74, 6) is -0.924. The van der Waals surface area contributed by atoms with Gasteiger partial charge in [0.1, 0.15) is 5.82 Å². The summed E-state index contributed by atoms with van der Waals surface area (Å²) in [4.78, 5) is 37.2. The number of nitrogens with zero attached hydrogens (tertiary/aromatic N) is 5. The van der Waals surface area contributed by atoms with Gasteiger partial charge in [-0.1, -0.05) is 12.1 Å². The molecule has 3 heterocycles. The summed E-state index contributed by atoms with van der Waals surface area (Å²) in [5.41, 5.74) is 1.29. The molecular weight excluding hydrogens is 442 g/mol. The van der Waals surface area contributed by atoms with E-state index in [-0.39, 0.29) is 41.5 Å². The third-order valence-electron chi connectivity index (χ3n) is 6.57. The van der Waals surface area contributed by atoms with E-state index in [4.69, 9.17) is 0 Å². The Kier molecular flexibility index (Phi) is 7.06. The maximum absolute atomic E-state index is 14.9. The number of carbonyl (C=O) groups excluding carboxylic acids is 2. The first kappa shape index (κ1) is 24.0. The summed E-state index contributed by atoms with van der Waals surface area (Å²) in [6, 6.07) is 4.62. The molecule has 0 unspecified atom stereocenters. The first-order valence-corrected chi connectivity index (χ1v) is 11.6. The minimum absolute atomic E-state index is 0.0360. The molecule has 2 atom stereocenters. The minimum Gasteiger partial charge on any atom is -0.348 e. The van der Waals surface area contributed by atoms with Gasteiger partial charge in [0.2, 0.25) is 17.8 Å². The maximum Gasteiger partial charge on any atom is 0.228 e. The van der Waals surface area contributed by atoms with Crippen molar-refractivity contribution in [1.82, 2.24) is 19.8 Å². The molecule has 4 rings (SSSR count). The quantitative estimate of drug-likeness (QED) is 0.696. The van der Waals surface area contributed by atoms with E-state index in [2.05, 4.69) is 20.2 Å². The number of carbonyl (C=O) groups is 2. The van der Waals surface area contributed by atoms with Crippen molar-refractivity contribution in [1.29, 1.82) is 0 Å². The van der Waals surface area contributed by atoms with E-state index >= 15 is 0 Å². The van der Waals surface area contributed by atoms with Gasteiger partial charge in [0.05, 0.1) is 12.2 Å². The lowest BCUT2D eigenvalue weighted by Crippen LogP contribution is -2.47. The monoisotopic (exact) mass is 472 g/mol. The van der Waals surface area contributed by atoms with Gasteiger partial charge in [0.25, 0.3) is 0 Å². The van der Waals surface area contributed by atoms with Crippen LogP contribution in [-0.2, 0) is 16.1 Å². The smallest absolute Gasteiger partial charge is 0.228 e. The Morgan fingerprint density at radius 2 is 1.94 bits per heavy atom. The fraction of sp³-hybridized carbons (Fsp3) is 0.500. The number of rotatable bonds is 6. The van der Waals surface area contributed by atoms with E-state index in [0.717, 1.165) is 6.20 Å². The second-order valence-corrected chi connectivity index (χ2v) is 9.02. The van der Waals surface area contributed by atoms with Gasteiger partial charge in [-0.05, 0) is 31.9 Å². The molecule has 0 bridgehead atoms. The van der Waals surface area contributed by atoms with Crippen LogP contribution < -0.4 is 10.2 Å². The van der Waals surface area contributed by atoms with Crippen molar-refractivity contribution in [3.05, 3.63) is 47.2 Å². The Labute approximate surface area is 198 Å². The Hall–Kier alpha value is -3.14. The lowest BCUT2D eigenvalue weighted by Gasteiger charge is -2.34. The van der Waals surface area contributed by atoms with Gasteiger partial charge >= 0.3 is 0 Å². The zero-order valence-corrected chi connectivity index (χ0v) is 19.7. The van der Waals surface area contributed by atoms with Gasteiger partial charge in [0, 0.05) is 57.7 Å². The Balaban J connectivity index is 1.41. The molecule has 2 amide bonds. The maximum atomic E-state index is 14.9. The molecule has 1 aromatic carbocycles. The molecule has 0 spiro atoms. The van der Waals surface area contributed by atoms with E-state index in [0.29, 0.717) is 56.7 Å². The highest BCUT2D eigenvalue weighted by Gasteiger charge is 2.32. The number of hydrogen-bond donors (Lipinski definition) is 1. The molecule has 0 aliphatic carbocycles. The van der Waals surface area contributed by atoms with E-state index in [1.807, 2.05) is 19.9 Å². The third-order valence-corrected chi connectivity index (χ3v) is 6.57. The van der Waals surface area contributed by atoms with Crippen molar-refractivity contribution in [3.63, 3.8) is 0 Å². The van der Waals surface area contributed by atoms with Crippen LogP contribution in [0.3, 0.4) is 0 Å². The standard InChI is InChI=1S/C24H30F2N6O2/c1-15-4-7-22(34)32(15)23-21(26)13-27-24(29-23)28-16(2)18-5-6-19(20(25)12-18)14-30-8-10-31(11-9-30)17(3)33/h5-6,12-13,15-16H,4,7-11,14H2,1-3H3,(H,27,28,29)/t15-,16-/m0/s1. The molecule has 10 heteroatoms. The Bertz CT molecular complexity index is 1070.